The summed E-state index contributed by atoms with van der Waals surface area (Å²) >= 11 is 0. The van der Waals surface area contributed by atoms with Gasteiger partial charge in [-0.05, 0) is 50.1 Å². The normalized spacial score (nSPS) is 16.7. The second-order valence-electron chi connectivity index (χ2n) is 6.53. The van der Waals surface area contributed by atoms with Crippen LogP contribution in [0.1, 0.15) is 42.1 Å². The number of likely N-dealkylation sites (tertiary alicyclic amines) is 1. The lowest BCUT2D eigenvalue weighted by molar-refractivity contribution is 0.0687. The maximum absolute atomic E-state index is 13.0. The van der Waals surface area contributed by atoms with E-state index in [0.29, 0.717) is 12.2 Å². The molecule has 0 spiro atoms. The van der Waals surface area contributed by atoms with E-state index in [-0.39, 0.29) is 17.7 Å². The number of ether oxygens (including phenoxy) is 1. The molecule has 0 aliphatic carbocycles. The van der Waals surface area contributed by atoms with Gasteiger partial charge in [-0.25, -0.2) is 0 Å². The number of hydrogen-bond donors (Lipinski definition) is 0. The van der Waals surface area contributed by atoms with Gasteiger partial charge in [0, 0.05) is 30.9 Å². The maximum atomic E-state index is 13.0. The van der Waals surface area contributed by atoms with Crippen molar-refractivity contribution >= 4 is 5.91 Å². The number of aromatic nitrogens is 3. The zero-order valence-corrected chi connectivity index (χ0v) is 15.5. The second kappa shape index (κ2) is 7.26. The molecule has 27 heavy (non-hydrogen) atoms. The fourth-order valence-corrected chi connectivity index (χ4v) is 3.62. The van der Waals surface area contributed by atoms with Crippen molar-refractivity contribution in [1.29, 1.82) is 0 Å². The van der Waals surface area contributed by atoms with Crippen LogP contribution in [0.15, 0.2) is 47.1 Å². The van der Waals surface area contributed by atoms with Gasteiger partial charge in [-0.3, -0.25) is 9.48 Å². The summed E-state index contributed by atoms with van der Waals surface area (Å²) in [5, 5.41) is 8.41. The van der Waals surface area contributed by atoms with Crippen molar-refractivity contribution < 1.29 is 14.1 Å². The summed E-state index contributed by atoms with van der Waals surface area (Å²) < 4.78 is 12.5. The van der Waals surface area contributed by atoms with Gasteiger partial charge >= 0.3 is 0 Å². The Labute approximate surface area is 157 Å². The third-order valence-corrected chi connectivity index (χ3v) is 5.01. The molecule has 7 heteroatoms. The minimum absolute atomic E-state index is 0.0227. The zero-order chi connectivity index (χ0) is 18.8. The van der Waals surface area contributed by atoms with Gasteiger partial charge in [0.25, 0.3) is 5.91 Å². The van der Waals surface area contributed by atoms with Crippen LogP contribution in [0.4, 0.5) is 0 Å². The first-order valence-corrected chi connectivity index (χ1v) is 9.15. The highest BCUT2D eigenvalue weighted by Crippen LogP contribution is 2.33. The lowest BCUT2D eigenvalue weighted by Gasteiger charge is -2.24. The number of methoxy groups -OCH3 is 1. The monoisotopic (exact) mass is 366 g/mol. The van der Waals surface area contributed by atoms with Crippen molar-refractivity contribution in [2.45, 2.75) is 32.4 Å². The smallest absolute Gasteiger partial charge is 0.293 e. The van der Waals surface area contributed by atoms with Crippen LogP contribution < -0.4 is 4.74 Å². The van der Waals surface area contributed by atoms with Crippen LogP contribution in [0.2, 0.25) is 0 Å². The van der Waals surface area contributed by atoms with Crippen molar-refractivity contribution in [1.82, 2.24) is 19.8 Å². The average molecular weight is 366 g/mol. The number of rotatable bonds is 5. The van der Waals surface area contributed by atoms with Gasteiger partial charge in [-0.15, -0.1) is 0 Å². The Hall–Kier alpha value is -3.09. The van der Waals surface area contributed by atoms with E-state index >= 15 is 0 Å². The molecule has 0 radical (unpaired) electrons. The van der Waals surface area contributed by atoms with Crippen LogP contribution in [0.5, 0.6) is 5.75 Å². The first-order chi connectivity index (χ1) is 13.2. The Morgan fingerprint density at radius 1 is 1.30 bits per heavy atom. The van der Waals surface area contributed by atoms with Gasteiger partial charge in [-0.1, -0.05) is 5.16 Å². The number of aryl methyl sites for hydroxylation is 1. The first kappa shape index (κ1) is 17.3. The number of carbonyl (C=O) groups excluding carboxylic acids is 1. The molecule has 7 nitrogen and oxygen atoms in total. The van der Waals surface area contributed by atoms with Crippen molar-refractivity contribution in [3.63, 3.8) is 0 Å². The van der Waals surface area contributed by atoms with Crippen LogP contribution in [0.25, 0.3) is 11.3 Å². The molecule has 0 bridgehead atoms. The summed E-state index contributed by atoms with van der Waals surface area (Å²) in [6.07, 6.45) is 3.68. The molecule has 1 saturated heterocycles. The van der Waals surface area contributed by atoms with E-state index in [4.69, 9.17) is 9.26 Å². The van der Waals surface area contributed by atoms with Crippen LogP contribution in [0.3, 0.4) is 0 Å². The van der Waals surface area contributed by atoms with Crippen molar-refractivity contribution in [2.75, 3.05) is 13.7 Å². The van der Waals surface area contributed by atoms with Gasteiger partial charge in [0.1, 0.15) is 11.4 Å². The minimum atomic E-state index is -0.131. The van der Waals surface area contributed by atoms with Crippen LogP contribution in [0, 0.1) is 0 Å². The third-order valence-electron chi connectivity index (χ3n) is 5.01. The molecule has 1 fully saturated rings. The standard InChI is InChI=1S/C20H22N4O3/c1-3-24-18(10-11-21-24)17-5-4-12-23(17)20(25)19-13-16(22-27-19)14-6-8-15(26-2)9-7-14/h6-11,13,17H,3-5,12H2,1-2H3/t17-/m1/s1. The van der Waals surface area contributed by atoms with E-state index in [1.54, 1.807) is 19.4 Å². The van der Waals surface area contributed by atoms with E-state index in [2.05, 4.69) is 17.2 Å². The Morgan fingerprint density at radius 3 is 2.85 bits per heavy atom. The highest BCUT2D eigenvalue weighted by Gasteiger charge is 2.34. The van der Waals surface area contributed by atoms with Crippen LogP contribution in [-0.2, 0) is 6.54 Å². The number of benzene rings is 1. The average Bonchev–Trinajstić information content (AvgIpc) is 3.47. The summed E-state index contributed by atoms with van der Waals surface area (Å²) in [7, 11) is 1.62. The number of carbonyl (C=O) groups is 1. The molecule has 2 aromatic heterocycles. The van der Waals surface area contributed by atoms with Crippen molar-refractivity contribution in [2.24, 2.45) is 0 Å². The number of hydrogen-bond acceptors (Lipinski definition) is 5. The molecule has 0 saturated carbocycles. The highest BCUT2D eigenvalue weighted by atomic mass is 16.5. The predicted molar refractivity (Wildman–Crippen MR) is 99.4 cm³/mol. The molecule has 1 atom stereocenters. The number of amides is 1. The second-order valence-corrected chi connectivity index (χ2v) is 6.53. The van der Waals surface area contributed by atoms with Gasteiger partial charge in [0.05, 0.1) is 18.8 Å². The molecule has 1 aliphatic rings. The lowest BCUT2D eigenvalue weighted by Crippen LogP contribution is -2.31. The van der Waals surface area contributed by atoms with E-state index in [1.165, 1.54) is 0 Å². The summed E-state index contributed by atoms with van der Waals surface area (Å²) in [6, 6.07) is 11.2. The summed E-state index contributed by atoms with van der Waals surface area (Å²) in [5.41, 5.74) is 2.58. The van der Waals surface area contributed by atoms with Gasteiger partial charge in [0.2, 0.25) is 5.76 Å². The van der Waals surface area contributed by atoms with Crippen molar-refractivity contribution in [3.8, 4) is 17.0 Å². The summed E-state index contributed by atoms with van der Waals surface area (Å²) in [6.45, 7) is 3.54. The molecule has 4 rings (SSSR count). The molecular weight excluding hydrogens is 344 g/mol. The largest absolute Gasteiger partial charge is 0.497 e. The molecule has 140 valence electrons. The molecule has 3 heterocycles. The van der Waals surface area contributed by atoms with Crippen molar-refractivity contribution in [3.05, 3.63) is 54.0 Å². The fraction of sp³-hybridized carbons (Fsp3) is 0.350. The minimum Gasteiger partial charge on any atom is -0.497 e. The zero-order valence-electron chi connectivity index (χ0n) is 15.5. The first-order valence-electron chi connectivity index (χ1n) is 9.15. The van der Waals surface area contributed by atoms with Crippen LogP contribution >= 0.6 is 0 Å². The SMILES string of the molecule is CCn1nccc1[C@H]1CCCN1C(=O)c1cc(-c2ccc(OC)cc2)no1. The summed E-state index contributed by atoms with van der Waals surface area (Å²) in [5.74, 6) is 0.898. The Balaban J connectivity index is 1.56. The van der Waals surface area contributed by atoms with Gasteiger partial charge in [-0.2, -0.15) is 5.10 Å². The number of nitrogens with zero attached hydrogens (tertiary/aromatic N) is 4. The maximum Gasteiger partial charge on any atom is 0.293 e. The predicted octanol–water partition coefficient (Wildman–Crippen LogP) is 3.54. The van der Waals surface area contributed by atoms with Crippen LogP contribution in [-0.4, -0.2) is 39.4 Å². The molecule has 1 aliphatic heterocycles. The molecule has 1 aromatic carbocycles. The van der Waals surface area contributed by atoms with Gasteiger partial charge in [0.15, 0.2) is 0 Å². The Kier molecular flexibility index (Phi) is 4.66. The van der Waals surface area contributed by atoms with E-state index in [0.717, 1.165) is 36.4 Å². The molecular formula is C20H22N4O3. The Bertz CT molecular complexity index is 929. The fourth-order valence-electron chi connectivity index (χ4n) is 3.62. The molecule has 1 amide bonds. The van der Waals surface area contributed by atoms with E-state index < -0.39 is 0 Å². The van der Waals surface area contributed by atoms with E-state index in [9.17, 15) is 4.79 Å². The van der Waals surface area contributed by atoms with Gasteiger partial charge < -0.3 is 14.2 Å². The third kappa shape index (κ3) is 3.20. The van der Waals surface area contributed by atoms with E-state index in [1.807, 2.05) is 39.9 Å². The quantitative estimate of drug-likeness (QED) is 0.690. The molecule has 0 unspecified atom stereocenters. The highest BCUT2D eigenvalue weighted by molar-refractivity contribution is 5.93. The summed E-state index contributed by atoms with van der Waals surface area (Å²) in [4.78, 5) is 14.9. The lowest BCUT2D eigenvalue weighted by atomic mass is 10.1. The molecule has 3 aromatic rings. The molecule has 0 N–H and O–H groups in total. The topological polar surface area (TPSA) is 73.4 Å². The Morgan fingerprint density at radius 2 is 2.11 bits per heavy atom.